The van der Waals surface area contributed by atoms with E-state index in [1.807, 2.05) is 13.2 Å². The van der Waals surface area contributed by atoms with Gasteiger partial charge in [-0.2, -0.15) is 5.10 Å². The van der Waals surface area contributed by atoms with Crippen LogP contribution in [0.3, 0.4) is 0 Å². The second-order valence-corrected chi connectivity index (χ2v) is 5.83. The van der Waals surface area contributed by atoms with E-state index >= 15 is 0 Å². The van der Waals surface area contributed by atoms with Crippen molar-refractivity contribution in [2.75, 3.05) is 16.8 Å². The SMILES string of the molecule is Cn1cc(SCC(=O)Nc2ccc(N)cc2Br)cn1. The summed E-state index contributed by atoms with van der Waals surface area (Å²) in [7, 11) is 1.84. The molecule has 7 heteroatoms. The van der Waals surface area contributed by atoms with E-state index in [0.29, 0.717) is 17.1 Å². The van der Waals surface area contributed by atoms with Crippen LogP contribution >= 0.6 is 27.7 Å². The number of halogens is 1. The maximum Gasteiger partial charge on any atom is 0.234 e. The molecule has 1 amide bonds. The van der Waals surface area contributed by atoms with Gasteiger partial charge in [0.25, 0.3) is 0 Å². The van der Waals surface area contributed by atoms with Gasteiger partial charge in [-0.1, -0.05) is 0 Å². The summed E-state index contributed by atoms with van der Waals surface area (Å²) in [5, 5.41) is 6.87. The smallest absolute Gasteiger partial charge is 0.234 e. The number of carbonyl (C=O) groups excluding carboxylic acids is 1. The molecular weight excluding hydrogens is 328 g/mol. The third-order valence-corrected chi connectivity index (χ3v) is 3.93. The number of nitrogens with zero attached hydrogens (tertiary/aromatic N) is 2. The van der Waals surface area contributed by atoms with E-state index in [4.69, 9.17) is 5.73 Å². The molecule has 0 bridgehead atoms. The van der Waals surface area contributed by atoms with Crippen molar-refractivity contribution in [3.8, 4) is 0 Å². The number of aryl methyl sites for hydroxylation is 1. The fraction of sp³-hybridized carbons (Fsp3) is 0.167. The molecule has 0 unspecified atom stereocenters. The van der Waals surface area contributed by atoms with Crippen molar-refractivity contribution in [1.29, 1.82) is 0 Å². The fourth-order valence-electron chi connectivity index (χ4n) is 1.44. The largest absolute Gasteiger partial charge is 0.399 e. The van der Waals surface area contributed by atoms with Crippen molar-refractivity contribution in [2.24, 2.45) is 7.05 Å². The van der Waals surface area contributed by atoms with Crippen molar-refractivity contribution in [3.63, 3.8) is 0 Å². The lowest BCUT2D eigenvalue weighted by Gasteiger charge is -2.07. The maximum absolute atomic E-state index is 11.8. The van der Waals surface area contributed by atoms with Crippen LogP contribution in [-0.4, -0.2) is 21.4 Å². The molecule has 0 fully saturated rings. The molecular formula is C12H13BrN4OS. The van der Waals surface area contributed by atoms with Gasteiger partial charge in [0.1, 0.15) is 0 Å². The number of anilines is 2. The molecule has 2 aromatic rings. The van der Waals surface area contributed by atoms with Crippen LogP contribution in [0, 0.1) is 0 Å². The summed E-state index contributed by atoms with van der Waals surface area (Å²) in [6.45, 7) is 0. The van der Waals surface area contributed by atoms with E-state index < -0.39 is 0 Å². The van der Waals surface area contributed by atoms with Gasteiger partial charge in [-0.25, -0.2) is 0 Å². The quantitative estimate of drug-likeness (QED) is 0.662. The van der Waals surface area contributed by atoms with Gasteiger partial charge in [0.2, 0.25) is 5.91 Å². The van der Waals surface area contributed by atoms with E-state index in [1.54, 1.807) is 29.1 Å². The van der Waals surface area contributed by atoms with Crippen LogP contribution in [0.25, 0.3) is 0 Å². The minimum absolute atomic E-state index is 0.0701. The summed E-state index contributed by atoms with van der Waals surface area (Å²) >= 11 is 4.80. The van der Waals surface area contributed by atoms with E-state index in [9.17, 15) is 4.79 Å². The van der Waals surface area contributed by atoms with Gasteiger partial charge in [-0.3, -0.25) is 9.48 Å². The Labute approximate surface area is 123 Å². The lowest BCUT2D eigenvalue weighted by atomic mass is 10.3. The van der Waals surface area contributed by atoms with Crippen LogP contribution in [0.1, 0.15) is 0 Å². The molecule has 19 heavy (non-hydrogen) atoms. The van der Waals surface area contributed by atoms with Gasteiger partial charge in [0.15, 0.2) is 0 Å². The van der Waals surface area contributed by atoms with Gasteiger partial charge < -0.3 is 11.1 Å². The normalized spacial score (nSPS) is 10.4. The van der Waals surface area contributed by atoms with Gasteiger partial charge >= 0.3 is 0 Å². The number of benzene rings is 1. The molecule has 100 valence electrons. The first-order chi connectivity index (χ1) is 9.04. The number of nitrogens with one attached hydrogen (secondary N) is 1. The molecule has 0 saturated carbocycles. The van der Waals surface area contributed by atoms with Crippen LogP contribution in [0.5, 0.6) is 0 Å². The fourth-order valence-corrected chi connectivity index (χ4v) is 2.66. The van der Waals surface area contributed by atoms with Crippen LogP contribution < -0.4 is 11.1 Å². The number of amides is 1. The van der Waals surface area contributed by atoms with E-state index in [-0.39, 0.29) is 5.91 Å². The Bertz CT molecular complexity index is 599. The highest BCUT2D eigenvalue weighted by Gasteiger charge is 2.07. The first-order valence-electron chi connectivity index (χ1n) is 5.51. The number of hydrogen-bond donors (Lipinski definition) is 2. The predicted molar refractivity (Wildman–Crippen MR) is 81.1 cm³/mol. The lowest BCUT2D eigenvalue weighted by Crippen LogP contribution is -2.14. The molecule has 0 spiro atoms. The Morgan fingerprint density at radius 1 is 1.58 bits per heavy atom. The number of carbonyl (C=O) groups is 1. The highest BCUT2D eigenvalue weighted by molar-refractivity contribution is 9.10. The first kappa shape index (κ1) is 14.0. The number of hydrogen-bond acceptors (Lipinski definition) is 4. The molecule has 0 aliphatic heterocycles. The Morgan fingerprint density at radius 2 is 2.37 bits per heavy atom. The molecule has 0 aliphatic rings. The van der Waals surface area contributed by atoms with Crippen molar-refractivity contribution in [1.82, 2.24) is 9.78 Å². The molecule has 0 saturated heterocycles. The summed E-state index contributed by atoms with van der Waals surface area (Å²) in [6, 6.07) is 5.27. The molecule has 2 rings (SSSR count). The standard InChI is InChI=1S/C12H13BrN4OS/c1-17-6-9(5-15-17)19-7-12(18)16-11-3-2-8(14)4-10(11)13/h2-6H,7,14H2,1H3,(H,16,18). The molecule has 3 N–H and O–H groups in total. The predicted octanol–water partition coefficient (Wildman–Crippen LogP) is 2.50. The topological polar surface area (TPSA) is 72.9 Å². The minimum Gasteiger partial charge on any atom is -0.399 e. The van der Waals surface area contributed by atoms with E-state index in [0.717, 1.165) is 9.37 Å². The number of nitrogen functional groups attached to an aromatic ring is 1. The summed E-state index contributed by atoms with van der Waals surface area (Å²) < 4.78 is 2.48. The second kappa shape index (κ2) is 6.12. The van der Waals surface area contributed by atoms with E-state index in [2.05, 4.69) is 26.3 Å². The number of rotatable bonds is 4. The summed E-state index contributed by atoms with van der Waals surface area (Å²) in [6.07, 6.45) is 3.61. The molecule has 1 aromatic carbocycles. The first-order valence-corrected chi connectivity index (χ1v) is 7.29. The summed E-state index contributed by atoms with van der Waals surface area (Å²) in [5.74, 6) is 0.266. The number of aromatic nitrogens is 2. The summed E-state index contributed by atoms with van der Waals surface area (Å²) in [5.41, 5.74) is 7.00. The highest BCUT2D eigenvalue weighted by Crippen LogP contribution is 2.25. The van der Waals surface area contributed by atoms with Crippen LogP contribution in [-0.2, 0) is 11.8 Å². The van der Waals surface area contributed by atoms with Gasteiger partial charge in [-0.15, -0.1) is 11.8 Å². The Balaban J connectivity index is 1.90. The molecule has 5 nitrogen and oxygen atoms in total. The van der Waals surface area contributed by atoms with Gasteiger partial charge in [0, 0.05) is 28.3 Å². The maximum atomic E-state index is 11.8. The average molecular weight is 341 g/mol. The van der Waals surface area contributed by atoms with Crippen LogP contribution in [0.4, 0.5) is 11.4 Å². The van der Waals surface area contributed by atoms with Crippen molar-refractivity contribution in [3.05, 3.63) is 35.1 Å². The zero-order valence-electron chi connectivity index (χ0n) is 10.3. The average Bonchev–Trinajstić information content (AvgIpc) is 2.76. The number of nitrogens with two attached hydrogens (primary N) is 1. The van der Waals surface area contributed by atoms with Crippen molar-refractivity contribution in [2.45, 2.75) is 4.90 Å². The zero-order valence-corrected chi connectivity index (χ0v) is 12.7. The molecule has 1 heterocycles. The molecule has 1 aromatic heterocycles. The van der Waals surface area contributed by atoms with Crippen molar-refractivity contribution < 1.29 is 4.79 Å². The van der Waals surface area contributed by atoms with Crippen LogP contribution in [0.2, 0.25) is 0 Å². The van der Waals surface area contributed by atoms with E-state index in [1.165, 1.54) is 11.8 Å². The summed E-state index contributed by atoms with van der Waals surface area (Å²) in [4.78, 5) is 12.8. The minimum atomic E-state index is -0.0701. The molecule has 0 atom stereocenters. The van der Waals surface area contributed by atoms with Gasteiger partial charge in [-0.05, 0) is 34.1 Å². The number of thioether (sulfide) groups is 1. The monoisotopic (exact) mass is 340 g/mol. The van der Waals surface area contributed by atoms with Crippen LogP contribution in [0.15, 0.2) is 40.0 Å². The Hall–Kier alpha value is -1.47. The van der Waals surface area contributed by atoms with Gasteiger partial charge in [0.05, 0.1) is 17.6 Å². The second-order valence-electron chi connectivity index (χ2n) is 3.93. The molecule has 0 radical (unpaired) electrons. The lowest BCUT2D eigenvalue weighted by molar-refractivity contribution is -0.113. The highest BCUT2D eigenvalue weighted by atomic mass is 79.9. The molecule has 0 aliphatic carbocycles. The van der Waals surface area contributed by atoms with Crippen molar-refractivity contribution >= 4 is 45.0 Å². The zero-order chi connectivity index (χ0) is 13.8. The third kappa shape index (κ3) is 4.00. The Kier molecular flexibility index (Phi) is 4.49. The Morgan fingerprint density at radius 3 is 3.00 bits per heavy atom. The third-order valence-electron chi connectivity index (χ3n) is 2.32.